The summed E-state index contributed by atoms with van der Waals surface area (Å²) in [5, 5.41) is 0.273. The molecule has 7 heteroatoms. The minimum absolute atomic E-state index is 0.135. The van der Waals surface area contributed by atoms with Gasteiger partial charge in [0, 0.05) is 18.2 Å². The van der Waals surface area contributed by atoms with Gasteiger partial charge >= 0.3 is 0 Å². The van der Waals surface area contributed by atoms with Gasteiger partial charge in [-0.3, -0.25) is 0 Å². The van der Waals surface area contributed by atoms with E-state index in [4.69, 9.17) is 29.6 Å². The largest absolute Gasteiger partial charge is 0.389 e. The van der Waals surface area contributed by atoms with Crippen LogP contribution in [0.1, 0.15) is 38.2 Å². The lowest BCUT2D eigenvalue weighted by Gasteiger charge is -2.22. The molecule has 1 fully saturated rings. The molecule has 0 atom stereocenters. The average molecular weight is 347 g/mol. The van der Waals surface area contributed by atoms with E-state index in [1.165, 1.54) is 12.1 Å². The lowest BCUT2D eigenvalue weighted by atomic mass is 10.2. The molecule has 1 aliphatic carbocycles. The van der Waals surface area contributed by atoms with Crippen molar-refractivity contribution in [1.82, 2.24) is 4.31 Å². The first kappa shape index (κ1) is 16.7. The highest BCUT2D eigenvalue weighted by molar-refractivity contribution is 7.89. The van der Waals surface area contributed by atoms with Crippen molar-refractivity contribution in [3.63, 3.8) is 0 Å². The zero-order chi connectivity index (χ0) is 15.6. The molecule has 116 valence electrons. The third kappa shape index (κ3) is 3.74. The number of nitrogens with zero attached hydrogens (tertiary/aromatic N) is 1. The fourth-order valence-corrected chi connectivity index (χ4v) is 4.50. The molecule has 21 heavy (non-hydrogen) atoms. The summed E-state index contributed by atoms with van der Waals surface area (Å²) in [4.78, 5) is 0.365. The Balaban J connectivity index is 2.33. The summed E-state index contributed by atoms with van der Waals surface area (Å²) in [6.07, 6.45) is 3.68. The topological polar surface area (TPSA) is 63.4 Å². The Morgan fingerprint density at radius 3 is 2.62 bits per heavy atom. The van der Waals surface area contributed by atoms with Gasteiger partial charge in [0.25, 0.3) is 0 Å². The molecule has 2 rings (SSSR count). The van der Waals surface area contributed by atoms with Crippen molar-refractivity contribution in [2.45, 2.75) is 43.5 Å². The molecule has 0 heterocycles. The van der Waals surface area contributed by atoms with Gasteiger partial charge in [-0.2, -0.15) is 4.31 Å². The molecule has 0 aromatic heterocycles. The molecular weight excluding hydrogens is 328 g/mol. The van der Waals surface area contributed by atoms with Crippen molar-refractivity contribution in [1.29, 1.82) is 0 Å². The van der Waals surface area contributed by atoms with Gasteiger partial charge in [-0.1, -0.05) is 37.2 Å². The predicted molar refractivity (Wildman–Crippen MR) is 89.2 cm³/mol. The maximum atomic E-state index is 12.8. The number of nitrogens with two attached hydrogens (primary N) is 1. The molecule has 0 bridgehead atoms. The van der Waals surface area contributed by atoms with Crippen LogP contribution in [0.2, 0.25) is 5.02 Å². The van der Waals surface area contributed by atoms with Gasteiger partial charge in [-0.25, -0.2) is 8.42 Å². The molecule has 0 spiro atoms. The highest BCUT2D eigenvalue weighted by Crippen LogP contribution is 2.33. The first-order valence-electron chi connectivity index (χ1n) is 6.99. The second-order valence-electron chi connectivity index (χ2n) is 5.21. The van der Waals surface area contributed by atoms with Gasteiger partial charge in [0.05, 0.1) is 9.92 Å². The van der Waals surface area contributed by atoms with Gasteiger partial charge in [-0.05, 0) is 37.5 Å². The molecule has 0 radical (unpaired) electrons. The number of benzene rings is 1. The molecule has 0 amide bonds. The Kier molecular flexibility index (Phi) is 5.24. The standard InChI is InChI=1S/C14H19ClN2O2S2/c1-2-3-8-17(10-4-5-10)21(18,19)11-6-7-12(14(16)20)13(15)9-11/h6-7,9-10H,2-5,8H2,1H3,(H2,16,20). The summed E-state index contributed by atoms with van der Waals surface area (Å²) in [6.45, 7) is 2.60. The van der Waals surface area contributed by atoms with Gasteiger partial charge in [0.2, 0.25) is 10.0 Å². The highest BCUT2D eigenvalue weighted by atomic mass is 35.5. The molecular formula is C14H19ClN2O2S2. The molecule has 1 saturated carbocycles. The number of rotatable bonds is 7. The summed E-state index contributed by atoms with van der Waals surface area (Å²) in [5.41, 5.74) is 6.04. The van der Waals surface area contributed by atoms with E-state index >= 15 is 0 Å². The second kappa shape index (κ2) is 6.60. The van der Waals surface area contributed by atoms with E-state index in [0.717, 1.165) is 25.7 Å². The second-order valence-corrected chi connectivity index (χ2v) is 7.94. The Bertz CT molecular complexity index is 642. The van der Waals surface area contributed by atoms with Crippen LogP contribution in [-0.4, -0.2) is 30.3 Å². The van der Waals surface area contributed by atoms with Gasteiger partial charge < -0.3 is 5.73 Å². The van der Waals surface area contributed by atoms with Crippen LogP contribution >= 0.6 is 23.8 Å². The molecule has 1 aliphatic rings. The van der Waals surface area contributed by atoms with Gasteiger partial charge in [0.15, 0.2) is 0 Å². The van der Waals surface area contributed by atoms with E-state index in [-0.39, 0.29) is 20.9 Å². The first-order valence-corrected chi connectivity index (χ1v) is 9.21. The normalized spacial score (nSPS) is 15.4. The van der Waals surface area contributed by atoms with E-state index in [1.54, 1.807) is 10.4 Å². The van der Waals surface area contributed by atoms with E-state index in [2.05, 4.69) is 0 Å². The van der Waals surface area contributed by atoms with Crippen LogP contribution in [0.3, 0.4) is 0 Å². The summed E-state index contributed by atoms with van der Waals surface area (Å²) < 4.78 is 27.1. The fraction of sp³-hybridized carbons (Fsp3) is 0.500. The molecule has 0 unspecified atom stereocenters. The Hall–Kier alpha value is -0.690. The minimum Gasteiger partial charge on any atom is -0.389 e. The van der Waals surface area contributed by atoms with Crippen LogP contribution in [0.4, 0.5) is 0 Å². The smallest absolute Gasteiger partial charge is 0.243 e. The van der Waals surface area contributed by atoms with Crippen molar-refractivity contribution in [2.75, 3.05) is 6.54 Å². The molecule has 2 N–H and O–H groups in total. The first-order chi connectivity index (χ1) is 9.87. The highest BCUT2D eigenvalue weighted by Gasteiger charge is 2.37. The molecule has 4 nitrogen and oxygen atoms in total. The Morgan fingerprint density at radius 1 is 1.48 bits per heavy atom. The van der Waals surface area contributed by atoms with Crippen LogP contribution in [0, 0.1) is 0 Å². The maximum absolute atomic E-state index is 12.8. The summed E-state index contributed by atoms with van der Waals surface area (Å²) in [5.74, 6) is 0. The van der Waals surface area contributed by atoms with Crippen LogP contribution in [0.25, 0.3) is 0 Å². The molecule has 0 saturated heterocycles. The molecule has 1 aromatic rings. The SMILES string of the molecule is CCCCN(C1CC1)S(=O)(=O)c1ccc(C(N)=S)c(Cl)c1. The van der Waals surface area contributed by atoms with Crippen LogP contribution in [-0.2, 0) is 10.0 Å². The third-order valence-electron chi connectivity index (χ3n) is 3.50. The van der Waals surface area contributed by atoms with Crippen LogP contribution in [0.5, 0.6) is 0 Å². The molecule has 1 aromatic carbocycles. The number of unbranched alkanes of at least 4 members (excludes halogenated alkanes) is 1. The summed E-state index contributed by atoms with van der Waals surface area (Å²) in [6, 6.07) is 4.67. The number of sulfonamides is 1. The number of halogens is 1. The Labute approximate surface area is 136 Å². The van der Waals surface area contributed by atoms with Crippen molar-refractivity contribution in [3.05, 3.63) is 28.8 Å². The number of thiocarbonyl (C=S) groups is 1. The molecule has 0 aliphatic heterocycles. The van der Waals surface area contributed by atoms with Crippen LogP contribution in [0.15, 0.2) is 23.1 Å². The third-order valence-corrected chi connectivity index (χ3v) is 5.98. The van der Waals surface area contributed by atoms with Crippen LogP contribution < -0.4 is 5.73 Å². The minimum atomic E-state index is -3.51. The van der Waals surface area contributed by atoms with Crippen molar-refractivity contribution < 1.29 is 8.42 Å². The summed E-state index contributed by atoms with van der Waals surface area (Å²) >= 11 is 11.0. The van der Waals surface area contributed by atoms with E-state index in [9.17, 15) is 8.42 Å². The van der Waals surface area contributed by atoms with E-state index in [1.807, 2.05) is 6.92 Å². The maximum Gasteiger partial charge on any atom is 0.243 e. The van der Waals surface area contributed by atoms with E-state index in [0.29, 0.717) is 12.1 Å². The number of hydrogen-bond donors (Lipinski definition) is 1. The lowest BCUT2D eigenvalue weighted by molar-refractivity contribution is 0.395. The average Bonchev–Trinajstić information content (AvgIpc) is 3.23. The quantitative estimate of drug-likeness (QED) is 0.771. The zero-order valence-electron chi connectivity index (χ0n) is 11.9. The monoisotopic (exact) mass is 346 g/mol. The zero-order valence-corrected chi connectivity index (χ0v) is 14.3. The fourth-order valence-electron chi connectivity index (χ4n) is 2.17. The van der Waals surface area contributed by atoms with Gasteiger partial charge in [-0.15, -0.1) is 0 Å². The summed E-state index contributed by atoms with van der Waals surface area (Å²) in [7, 11) is -3.51. The van der Waals surface area contributed by atoms with Crippen molar-refractivity contribution in [3.8, 4) is 0 Å². The number of hydrogen-bond acceptors (Lipinski definition) is 3. The van der Waals surface area contributed by atoms with Gasteiger partial charge in [0.1, 0.15) is 4.99 Å². The predicted octanol–water partition coefficient (Wildman–Crippen LogP) is 2.93. The Morgan fingerprint density at radius 2 is 2.14 bits per heavy atom. The van der Waals surface area contributed by atoms with E-state index < -0.39 is 10.0 Å². The lowest BCUT2D eigenvalue weighted by Crippen LogP contribution is -2.34. The van der Waals surface area contributed by atoms with Crippen molar-refractivity contribution >= 4 is 38.8 Å². The van der Waals surface area contributed by atoms with Crippen molar-refractivity contribution in [2.24, 2.45) is 5.73 Å².